The number of rotatable bonds is 5. The molecule has 0 fully saturated rings. The van der Waals surface area contributed by atoms with Crippen molar-refractivity contribution in [2.75, 3.05) is 11.9 Å². The maximum Gasteiger partial charge on any atom is 0.262 e. The second kappa shape index (κ2) is 6.65. The number of nitrogens with one attached hydrogen (secondary N) is 1. The topological polar surface area (TPSA) is 81.9 Å². The highest BCUT2D eigenvalue weighted by Gasteiger charge is 2.05. The van der Waals surface area contributed by atoms with Crippen molar-refractivity contribution in [2.45, 2.75) is 0 Å². The van der Waals surface area contributed by atoms with Crippen molar-refractivity contribution in [3.8, 4) is 11.4 Å². The molecule has 2 aromatic carbocycles. The van der Waals surface area contributed by atoms with E-state index in [0.29, 0.717) is 17.1 Å². The lowest BCUT2D eigenvalue weighted by Gasteiger charge is -2.08. The second-order valence-electron chi connectivity index (χ2n) is 4.60. The van der Waals surface area contributed by atoms with Crippen LogP contribution in [0.1, 0.15) is 0 Å². The van der Waals surface area contributed by atoms with Gasteiger partial charge in [0, 0.05) is 11.8 Å². The first-order chi connectivity index (χ1) is 11.2. The van der Waals surface area contributed by atoms with Crippen LogP contribution in [-0.2, 0) is 4.79 Å². The molecule has 0 aliphatic carbocycles. The number of amides is 1. The molecule has 1 N–H and O–H groups in total. The Bertz CT molecular complexity index is 790. The van der Waals surface area contributed by atoms with Crippen molar-refractivity contribution in [3.63, 3.8) is 0 Å². The summed E-state index contributed by atoms with van der Waals surface area (Å²) < 4.78 is 19.7. The lowest BCUT2D eigenvalue weighted by molar-refractivity contribution is -0.118. The van der Waals surface area contributed by atoms with Crippen LogP contribution in [0.25, 0.3) is 5.69 Å². The molecule has 7 nitrogen and oxygen atoms in total. The standard InChI is InChI=1S/C15H12FN5O2/c16-11-4-6-12(7-5-11)18-15(22)9-23-14-3-1-2-13(8-14)21-10-17-19-20-21/h1-8,10H,9H2,(H,18,22). The molecular weight excluding hydrogens is 301 g/mol. The van der Waals surface area contributed by atoms with E-state index < -0.39 is 0 Å². The van der Waals surface area contributed by atoms with Crippen LogP contribution in [0, 0.1) is 5.82 Å². The lowest BCUT2D eigenvalue weighted by Crippen LogP contribution is -2.20. The van der Waals surface area contributed by atoms with Gasteiger partial charge in [-0.05, 0) is 46.8 Å². The zero-order chi connectivity index (χ0) is 16.1. The Kier molecular flexibility index (Phi) is 4.23. The Morgan fingerprint density at radius 1 is 1.22 bits per heavy atom. The van der Waals surface area contributed by atoms with Crippen LogP contribution < -0.4 is 10.1 Å². The average Bonchev–Trinajstić information content (AvgIpc) is 3.10. The van der Waals surface area contributed by atoms with Gasteiger partial charge in [0.15, 0.2) is 6.61 Å². The number of nitrogens with zero attached hydrogens (tertiary/aromatic N) is 4. The van der Waals surface area contributed by atoms with Crippen LogP contribution in [0.15, 0.2) is 54.9 Å². The highest BCUT2D eigenvalue weighted by Crippen LogP contribution is 2.16. The molecule has 0 spiro atoms. The summed E-state index contributed by atoms with van der Waals surface area (Å²) in [6.07, 6.45) is 1.46. The Morgan fingerprint density at radius 2 is 2.04 bits per heavy atom. The molecule has 0 saturated carbocycles. The predicted octanol–water partition coefficient (Wildman–Crippen LogP) is 1.82. The molecule has 23 heavy (non-hydrogen) atoms. The van der Waals surface area contributed by atoms with E-state index in [-0.39, 0.29) is 18.3 Å². The van der Waals surface area contributed by atoms with E-state index in [1.54, 1.807) is 18.2 Å². The van der Waals surface area contributed by atoms with Crippen molar-refractivity contribution in [3.05, 3.63) is 60.7 Å². The Balaban J connectivity index is 1.58. The van der Waals surface area contributed by atoms with E-state index in [9.17, 15) is 9.18 Å². The summed E-state index contributed by atoms with van der Waals surface area (Å²) in [5.74, 6) is -0.199. The number of hydrogen-bond acceptors (Lipinski definition) is 5. The Labute approximate surface area is 130 Å². The normalized spacial score (nSPS) is 10.3. The van der Waals surface area contributed by atoms with E-state index in [0.717, 1.165) is 0 Å². The third-order valence-electron chi connectivity index (χ3n) is 2.93. The largest absolute Gasteiger partial charge is 0.484 e. The van der Waals surface area contributed by atoms with Gasteiger partial charge in [0.2, 0.25) is 0 Å². The van der Waals surface area contributed by atoms with E-state index >= 15 is 0 Å². The van der Waals surface area contributed by atoms with Gasteiger partial charge in [-0.1, -0.05) is 6.07 Å². The summed E-state index contributed by atoms with van der Waals surface area (Å²) in [4.78, 5) is 11.8. The zero-order valence-corrected chi connectivity index (χ0v) is 11.9. The molecule has 0 aliphatic rings. The number of halogens is 1. The Morgan fingerprint density at radius 3 is 2.78 bits per heavy atom. The minimum absolute atomic E-state index is 0.170. The number of carbonyl (C=O) groups excluding carboxylic acids is 1. The maximum atomic E-state index is 12.8. The Hall–Kier alpha value is -3.29. The first kappa shape index (κ1) is 14.6. The molecule has 3 rings (SSSR count). The number of aromatic nitrogens is 4. The summed E-state index contributed by atoms with van der Waals surface area (Å²) in [6.45, 7) is -0.170. The van der Waals surface area contributed by atoms with Crippen LogP contribution in [0.4, 0.5) is 10.1 Å². The van der Waals surface area contributed by atoms with Crippen molar-refractivity contribution in [2.24, 2.45) is 0 Å². The fourth-order valence-corrected chi connectivity index (χ4v) is 1.87. The van der Waals surface area contributed by atoms with Gasteiger partial charge < -0.3 is 10.1 Å². The van der Waals surface area contributed by atoms with Crippen LogP contribution in [0.5, 0.6) is 5.75 Å². The summed E-state index contributed by atoms with van der Waals surface area (Å²) >= 11 is 0. The van der Waals surface area contributed by atoms with Gasteiger partial charge >= 0.3 is 0 Å². The third kappa shape index (κ3) is 3.88. The predicted molar refractivity (Wildman–Crippen MR) is 79.7 cm³/mol. The van der Waals surface area contributed by atoms with E-state index in [1.807, 2.05) is 6.07 Å². The summed E-state index contributed by atoms with van der Waals surface area (Å²) in [7, 11) is 0. The molecule has 0 radical (unpaired) electrons. The monoisotopic (exact) mass is 313 g/mol. The highest BCUT2D eigenvalue weighted by atomic mass is 19.1. The van der Waals surface area contributed by atoms with Crippen molar-refractivity contribution >= 4 is 11.6 Å². The lowest BCUT2D eigenvalue weighted by atomic mass is 10.3. The van der Waals surface area contributed by atoms with E-state index in [2.05, 4.69) is 20.8 Å². The van der Waals surface area contributed by atoms with Crippen LogP contribution in [0.3, 0.4) is 0 Å². The third-order valence-corrected chi connectivity index (χ3v) is 2.93. The molecule has 1 aromatic heterocycles. The molecule has 3 aromatic rings. The SMILES string of the molecule is O=C(COc1cccc(-n2cnnn2)c1)Nc1ccc(F)cc1. The number of carbonyl (C=O) groups is 1. The fourth-order valence-electron chi connectivity index (χ4n) is 1.87. The molecule has 116 valence electrons. The van der Waals surface area contributed by atoms with Crippen molar-refractivity contribution in [1.82, 2.24) is 20.2 Å². The number of tetrazole rings is 1. The zero-order valence-electron chi connectivity index (χ0n) is 11.9. The minimum Gasteiger partial charge on any atom is -0.484 e. The van der Waals surface area contributed by atoms with Gasteiger partial charge in [-0.3, -0.25) is 4.79 Å². The first-order valence-corrected chi connectivity index (χ1v) is 6.72. The molecule has 0 unspecified atom stereocenters. The van der Waals surface area contributed by atoms with Crippen LogP contribution in [-0.4, -0.2) is 32.7 Å². The molecule has 0 bridgehead atoms. The minimum atomic E-state index is -0.362. The number of ether oxygens (including phenoxy) is 1. The molecule has 0 saturated heterocycles. The molecule has 1 amide bonds. The van der Waals surface area contributed by atoms with Crippen molar-refractivity contribution < 1.29 is 13.9 Å². The van der Waals surface area contributed by atoms with Crippen molar-refractivity contribution in [1.29, 1.82) is 0 Å². The van der Waals surface area contributed by atoms with Gasteiger partial charge in [0.05, 0.1) is 5.69 Å². The fraction of sp³-hybridized carbons (Fsp3) is 0.0667. The van der Waals surface area contributed by atoms with Gasteiger partial charge in [-0.2, -0.15) is 0 Å². The maximum absolute atomic E-state index is 12.8. The first-order valence-electron chi connectivity index (χ1n) is 6.72. The van der Waals surface area contributed by atoms with Gasteiger partial charge in [0.1, 0.15) is 17.9 Å². The van der Waals surface area contributed by atoms with E-state index in [4.69, 9.17) is 4.74 Å². The number of anilines is 1. The van der Waals surface area contributed by atoms with Gasteiger partial charge in [0.25, 0.3) is 5.91 Å². The number of benzene rings is 2. The quantitative estimate of drug-likeness (QED) is 0.777. The van der Waals surface area contributed by atoms with Crippen LogP contribution >= 0.6 is 0 Å². The summed E-state index contributed by atoms with van der Waals surface area (Å²) in [6, 6.07) is 12.5. The molecule has 8 heteroatoms. The number of hydrogen-bond donors (Lipinski definition) is 1. The second-order valence-corrected chi connectivity index (χ2v) is 4.60. The highest BCUT2D eigenvalue weighted by molar-refractivity contribution is 5.91. The average molecular weight is 313 g/mol. The molecule has 0 aliphatic heterocycles. The summed E-state index contributed by atoms with van der Waals surface area (Å²) in [5, 5.41) is 13.5. The van der Waals surface area contributed by atoms with Crippen LogP contribution in [0.2, 0.25) is 0 Å². The van der Waals surface area contributed by atoms with Gasteiger partial charge in [-0.25, -0.2) is 9.07 Å². The smallest absolute Gasteiger partial charge is 0.262 e. The molecule has 1 heterocycles. The van der Waals surface area contributed by atoms with Gasteiger partial charge in [-0.15, -0.1) is 5.10 Å². The molecular formula is C15H12FN5O2. The molecule has 0 atom stereocenters. The van der Waals surface area contributed by atoms with E-state index in [1.165, 1.54) is 35.3 Å². The summed E-state index contributed by atoms with van der Waals surface area (Å²) in [5.41, 5.74) is 1.22.